The third-order valence-electron chi connectivity index (χ3n) is 5.94. The van der Waals surface area contributed by atoms with E-state index in [1.54, 1.807) is 23.1 Å². The minimum atomic E-state index is -4.26. The zero-order valence-corrected chi connectivity index (χ0v) is 25.0. The highest BCUT2D eigenvalue weighted by Gasteiger charge is 2.28. The van der Waals surface area contributed by atoms with Crippen molar-refractivity contribution in [2.24, 2.45) is 0 Å². The molecule has 1 aromatic heterocycles. The van der Waals surface area contributed by atoms with Crippen LogP contribution in [-0.2, 0) is 26.8 Å². The van der Waals surface area contributed by atoms with E-state index >= 15 is 0 Å². The molecule has 14 heteroatoms. The molecule has 2 aromatic carbocycles. The van der Waals surface area contributed by atoms with Crippen LogP contribution >= 0.6 is 46.3 Å². The molecule has 4 rings (SSSR count). The Balaban J connectivity index is 1.62. The summed E-state index contributed by atoms with van der Waals surface area (Å²) in [5.74, 6) is -0.658. The zero-order chi connectivity index (χ0) is 27.5. The first-order valence-electron chi connectivity index (χ1n) is 11.9. The molecule has 0 fully saturated rings. The number of hydrogen-bond acceptors (Lipinski definition) is 8. The predicted octanol–water partition coefficient (Wildman–Crippen LogP) is 5.79. The molecule has 8 nitrogen and oxygen atoms in total. The maximum Gasteiger partial charge on any atom is 0.265 e. The number of thiazole rings is 1. The van der Waals surface area contributed by atoms with Crippen LogP contribution in [-0.4, -0.2) is 44.0 Å². The lowest BCUT2D eigenvalue weighted by Crippen LogP contribution is -2.35. The Labute approximate surface area is 240 Å². The van der Waals surface area contributed by atoms with Crippen LogP contribution in [0.25, 0.3) is 16.3 Å². The number of benzene rings is 2. The third-order valence-corrected chi connectivity index (χ3v) is 10.2. The topological polar surface area (TPSA) is 119 Å². The molecule has 1 N–H and O–H groups in total. The number of rotatable bonds is 12. The second kappa shape index (κ2) is 12.4. The molecule has 0 aliphatic carbocycles. The van der Waals surface area contributed by atoms with Crippen molar-refractivity contribution in [1.29, 1.82) is 0 Å². The number of aryl methyl sites for hydroxylation is 1. The lowest BCUT2D eigenvalue weighted by Gasteiger charge is -2.20. The van der Waals surface area contributed by atoms with Gasteiger partial charge in [-0.05, 0) is 56.0 Å². The summed E-state index contributed by atoms with van der Waals surface area (Å²) in [6, 6.07) is 11.4. The number of thioether (sulfide) groups is 1. The van der Waals surface area contributed by atoms with Gasteiger partial charge in [0.15, 0.2) is 6.54 Å². The molecular formula is C24H26Cl2N2O6S4. The molecule has 2 heterocycles. The molecule has 0 unspecified atom stereocenters. The van der Waals surface area contributed by atoms with Gasteiger partial charge in [0, 0.05) is 39.7 Å². The van der Waals surface area contributed by atoms with Crippen LogP contribution in [0.4, 0.5) is 5.69 Å². The van der Waals surface area contributed by atoms with Gasteiger partial charge in [0.05, 0.1) is 32.7 Å². The number of unbranched alkanes of at least 4 members (excludes halogenated alkanes) is 3. The molecule has 1 aliphatic rings. The smallest absolute Gasteiger partial charge is 0.265 e. The summed E-state index contributed by atoms with van der Waals surface area (Å²) in [6.07, 6.45) is 4.58. The Bertz CT molecular complexity index is 1570. The van der Waals surface area contributed by atoms with Gasteiger partial charge >= 0.3 is 0 Å². The van der Waals surface area contributed by atoms with Crippen LogP contribution in [0.2, 0.25) is 10.0 Å². The van der Waals surface area contributed by atoms with Gasteiger partial charge in [-0.2, -0.15) is 13.0 Å². The second-order valence-corrected chi connectivity index (χ2v) is 15.0. The lowest BCUT2D eigenvalue weighted by atomic mass is 10.2. The largest absolute Gasteiger partial charge is 0.748 e. The molecule has 0 spiro atoms. The van der Waals surface area contributed by atoms with E-state index in [0.29, 0.717) is 48.8 Å². The van der Waals surface area contributed by atoms with Gasteiger partial charge < -0.3 is 9.45 Å². The summed E-state index contributed by atoms with van der Waals surface area (Å²) in [4.78, 5) is 3.12. The minimum Gasteiger partial charge on any atom is -0.748 e. The maximum atomic E-state index is 11.0. The standard InChI is InChI=1S/C24H26Cl2N2O6S4/c25-17-6-8-21-19(14-17)27(10-2-1-4-12-37(29,30)31)23(35-21)16-24-28(11-3-5-13-38(32,33)34)20-15-18(26)7-9-22(20)36-24/h6-9,14-16H,1-5,10-13H2,(H-,29,30,31,32,33,34). The lowest BCUT2D eigenvalue weighted by molar-refractivity contribution is -0.669. The highest BCUT2D eigenvalue weighted by Crippen LogP contribution is 2.48. The summed E-state index contributed by atoms with van der Waals surface area (Å²) >= 11 is 15.8. The van der Waals surface area contributed by atoms with Gasteiger partial charge in [-0.25, -0.2) is 8.42 Å². The van der Waals surface area contributed by atoms with E-state index in [9.17, 15) is 21.4 Å². The fourth-order valence-corrected chi connectivity index (χ4v) is 7.95. The number of anilines is 1. The molecule has 1 aliphatic heterocycles. The van der Waals surface area contributed by atoms with Crippen molar-refractivity contribution in [3.05, 3.63) is 56.5 Å². The van der Waals surface area contributed by atoms with Crippen LogP contribution < -0.4 is 9.47 Å². The van der Waals surface area contributed by atoms with E-state index in [2.05, 4.69) is 15.5 Å². The molecule has 0 saturated carbocycles. The van der Waals surface area contributed by atoms with E-state index < -0.39 is 26.0 Å². The van der Waals surface area contributed by atoms with Crippen molar-refractivity contribution in [2.45, 2.75) is 43.5 Å². The van der Waals surface area contributed by atoms with Crippen LogP contribution in [0.15, 0.2) is 46.3 Å². The number of fused-ring (bicyclic) bond motifs is 2. The molecular weight excluding hydrogens is 611 g/mol. The summed E-state index contributed by atoms with van der Waals surface area (Å²) in [7, 11) is -8.24. The Morgan fingerprint density at radius 1 is 0.947 bits per heavy atom. The van der Waals surface area contributed by atoms with Crippen molar-refractivity contribution in [3.8, 4) is 0 Å². The number of halogens is 2. The zero-order valence-electron chi connectivity index (χ0n) is 20.2. The van der Waals surface area contributed by atoms with Crippen molar-refractivity contribution in [3.63, 3.8) is 0 Å². The van der Waals surface area contributed by atoms with Crippen LogP contribution in [0.5, 0.6) is 0 Å². The van der Waals surface area contributed by atoms with E-state index in [-0.39, 0.29) is 12.2 Å². The summed E-state index contributed by atoms with van der Waals surface area (Å²) in [5, 5.41) is 3.13. The number of aromatic nitrogens is 1. The second-order valence-electron chi connectivity index (χ2n) is 8.87. The first-order chi connectivity index (χ1) is 17.9. The molecule has 0 bridgehead atoms. The normalized spacial score (nSPS) is 15.1. The van der Waals surface area contributed by atoms with Crippen LogP contribution in [0.1, 0.15) is 37.1 Å². The van der Waals surface area contributed by atoms with Gasteiger partial charge in [0.25, 0.3) is 15.1 Å². The predicted molar refractivity (Wildman–Crippen MR) is 154 cm³/mol. The quantitative estimate of drug-likeness (QED) is 0.151. The average molecular weight is 638 g/mol. The monoisotopic (exact) mass is 636 g/mol. The third kappa shape index (κ3) is 8.07. The molecule has 3 aromatic rings. The SMILES string of the molecule is O=S(=O)([O-])CCCCN1C(=Cc2sc3ccc(Cl)cc3[n+]2CCCCCS(=O)(=O)O)Sc2ccc(Cl)cc21. The number of nitrogens with zero attached hydrogens (tertiary/aromatic N) is 2. The van der Waals surface area contributed by atoms with Crippen molar-refractivity contribution in [2.75, 3.05) is 23.0 Å². The first kappa shape index (κ1) is 29.6. The molecule has 0 radical (unpaired) electrons. The summed E-state index contributed by atoms with van der Waals surface area (Å²) in [5.41, 5.74) is 1.90. The Hall–Kier alpha value is -1.38. The summed E-state index contributed by atoms with van der Waals surface area (Å²) in [6.45, 7) is 1.16. The highest BCUT2D eigenvalue weighted by atomic mass is 35.5. The fraction of sp³-hybridized carbons (Fsp3) is 0.375. The maximum absolute atomic E-state index is 11.0. The van der Waals surface area contributed by atoms with Gasteiger partial charge in [0.2, 0.25) is 5.52 Å². The Morgan fingerprint density at radius 3 is 2.39 bits per heavy atom. The first-order valence-corrected chi connectivity index (χ1v) is 17.4. The van der Waals surface area contributed by atoms with Gasteiger partial charge in [-0.3, -0.25) is 4.55 Å². The minimum absolute atomic E-state index is 0.259. The molecule has 38 heavy (non-hydrogen) atoms. The van der Waals surface area contributed by atoms with Crippen molar-refractivity contribution >= 4 is 88.5 Å². The summed E-state index contributed by atoms with van der Waals surface area (Å²) < 4.78 is 67.4. The number of hydrogen-bond donors (Lipinski definition) is 1. The van der Waals surface area contributed by atoms with Gasteiger partial charge in [0.1, 0.15) is 4.70 Å². The fourth-order valence-electron chi connectivity index (χ4n) is 4.21. The van der Waals surface area contributed by atoms with Gasteiger partial charge in [-0.15, -0.1) is 0 Å². The van der Waals surface area contributed by atoms with Gasteiger partial charge in [-0.1, -0.05) is 46.3 Å². The molecule has 0 atom stereocenters. The van der Waals surface area contributed by atoms with Crippen molar-refractivity contribution < 1.29 is 30.5 Å². The Morgan fingerprint density at radius 2 is 1.66 bits per heavy atom. The van der Waals surface area contributed by atoms with E-state index in [1.807, 2.05) is 36.4 Å². The van der Waals surface area contributed by atoms with E-state index in [0.717, 1.165) is 30.8 Å². The Kier molecular flexibility index (Phi) is 9.68. The molecule has 0 amide bonds. The molecule has 206 valence electrons. The van der Waals surface area contributed by atoms with Crippen molar-refractivity contribution in [1.82, 2.24) is 0 Å². The van der Waals surface area contributed by atoms with E-state index in [1.165, 1.54) is 0 Å². The molecule has 0 saturated heterocycles. The van der Waals surface area contributed by atoms with E-state index in [4.69, 9.17) is 27.8 Å². The highest BCUT2D eigenvalue weighted by molar-refractivity contribution is 8.04. The van der Waals surface area contributed by atoms with Crippen LogP contribution in [0.3, 0.4) is 0 Å². The average Bonchev–Trinajstić information content (AvgIpc) is 3.32. The van der Waals surface area contributed by atoms with Crippen LogP contribution in [0, 0.1) is 0 Å².